The van der Waals surface area contributed by atoms with Crippen LogP contribution in [0.25, 0.3) is 0 Å². The zero-order valence-electron chi connectivity index (χ0n) is 10.7. The van der Waals surface area contributed by atoms with E-state index in [2.05, 4.69) is 27.1 Å². The van der Waals surface area contributed by atoms with Crippen LogP contribution in [-0.4, -0.2) is 36.2 Å². The molecular weight excluding hydrogens is 216 g/mol. The van der Waals surface area contributed by atoms with Crippen LogP contribution in [0, 0.1) is 0 Å². The standard InChI is InChI=1S/C12H20N4O/c1-4-13-11-10(17-3)12(15-8-14-11)16(5-2)9-6-7-9/h8-9H,4-7H2,1-3H3,(H,13,14,15). The van der Waals surface area contributed by atoms with Gasteiger partial charge in [0.1, 0.15) is 6.33 Å². The first kappa shape index (κ1) is 12.0. The van der Waals surface area contributed by atoms with E-state index < -0.39 is 0 Å². The Morgan fingerprint density at radius 3 is 2.71 bits per heavy atom. The maximum absolute atomic E-state index is 5.46. The molecule has 0 radical (unpaired) electrons. The summed E-state index contributed by atoms with van der Waals surface area (Å²) in [5.41, 5.74) is 0. The van der Waals surface area contributed by atoms with Gasteiger partial charge in [-0.2, -0.15) is 0 Å². The molecule has 5 nitrogen and oxygen atoms in total. The number of hydrogen-bond acceptors (Lipinski definition) is 5. The Morgan fingerprint density at radius 2 is 2.18 bits per heavy atom. The predicted molar refractivity (Wildman–Crippen MR) is 68.8 cm³/mol. The van der Waals surface area contributed by atoms with E-state index in [9.17, 15) is 0 Å². The van der Waals surface area contributed by atoms with Gasteiger partial charge in [0.15, 0.2) is 11.6 Å². The van der Waals surface area contributed by atoms with Crippen LogP contribution < -0.4 is 15.0 Å². The van der Waals surface area contributed by atoms with Crippen LogP contribution >= 0.6 is 0 Å². The van der Waals surface area contributed by atoms with Gasteiger partial charge in [-0.3, -0.25) is 0 Å². The normalized spacial score (nSPS) is 14.5. The summed E-state index contributed by atoms with van der Waals surface area (Å²) in [7, 11) is 1.67. The summed E-state index contributed by atoms with van der Waals surface area (Å²) in [5, 5.41) is 3.20. The van der Waals surface area contributed by atoms with Crippen LogP contribution in [0.4, 0.5) is 11.6 Å². The van der Waals surface area contributed by atoms with Gasteiger partial charge in [0, 0.05) is 19.1 Å². The maximum Gasteiger partial charge on any atom is 0.204 e. The molecule has 1 heterocycles. The van der Waals surface area contributed by atoms with Crippen LogP contribution in [0.2, 0.25) is 0 Å². The monoisotopic (exact) mass is 236 g/mol. The summed E-state index contributed by atoms with van der Waals surface area (Å²) < 4.78 is 5.46. The second-order valence-corrected chi connectivity index (χ2v) is 4.13. The molecule has 1 saturated carbocycles. The van der Waals surface area contributed by atoms with E-state index in [0.717, 1.165) is 30.5 Å². The van der Waals surface area contributed by atoms with E-state index >= 15 is 0 Å². The Hall–Kier alpha value is -1.52. The zero-order chi connectivity index (χ0) is 12.3. The third kappa shape index (κ3) is 2.43. The number of ether oxygens (including phenoxy) is 1. The van der Waals surface area contributed by atoms with Crippen molar-refractivity contribution in [2.75, 3.05) is 30.4 Å². The average molecular weight is 236 g/mol. The van der Waals surface area contributed by atoms with E-state index in [1.165, 1.54) is 12.8 Å². The number of methoxy groups -OCH3 is 1. The highest BCUT2D eigenvalue weighted by Crippen LogP contribution is 2.37. The smallest absolute Gasteiger partial charge is 0.204 e. The summed E-state index contributed by atoms with van der Waals surface area (Å²) in [5.74, 6) is 2.44. The van der Waals surface area contributed by atoms with Crippen LogP contribution in [0.15, 0.2) is 6.33 Å². The molecule has 0 saturated heterocycles. The van der Waals surface area contributed by atoms with Gasteiger partial charge in [-0.1, -0.05) is 0 Å². The average Bonchev–Trinajstić information content (AvgIpc) is 3.15. The number of nitrogens with one attached hydrogen (secondary N) is 1. The first-order valence-corrected chi connectivity index (χ1v) is 6.21. The highest BCUT2D eigenvalue weighted by atomic mass is 16.5. The molecule has 94 valence electrons. The summed E-state index contributed by atoms with van der Waals surface area (Å²) in [6.07, 6.45) is 4.09. The van der Waals surface area contributed by atoms with E-state index in [-0.39, 0.29) is 0 Å². The minimum absolute atomic E-state index is 0.623. The molecule has 0 unspecified atom stereocenters. The SMILES string of the molecule is CCNc1ncnc(N(CC)C2CC2)c1OC. The van der Waals surface area contributed by atoms with Crippen molar-refractivity contribution in [3.63, 3.8) is 0 Å². The number of nitrogens with zero attached hydrogens (tertiary/aromatic N) is 3. The van der Waals surface area contributed by atoms with Gasteiger partial charge in [0.25, 0.3) is 0 Å². The first-order valence-electron chi connectivity index (χ1n) is 6.21. The lowest BCUT2D eigenvalue weighted by Crippen LogP contribution is -2.27. The van der Waals surface area contributed by atoms with Gasteiger partial charge < -0.3 is 15.0 Å². The largest absolute Gasteiger partial charge is 0.490 e. The van der Waals surface area contributed by atoms with Crippen LogP contribution in [-0.2, 0) is 0 Å². The molecule has 1 fully saturated rings. The quantitative estimate of drug-likeness (QED) is 0.817. The van der Waals surface area contributed by atoms with Crippen molar-refractivity contribution in [3.05, 3.63) is 6.33 Å². The summed E-state index contributed by atoms with van der Waals surface area (Å²) >= 11 is 0. The van der Waals surface area contributed by atoms with Crippen molar-refractivity contribution in [2.45, 2.75) is 32.7 Å². The van der Waals surface area contributed by atoms with Crippen LogP contribution in [0.1, 0.15) is 26.7 Å². The topological polar surface area (TPSA) is 50.3 Å². The van der Waals surface area contributed by atoms with Crippen molar-refractivity contribution in [1.82, 2.24) is 9.97 Å². The molecule has 17 heavy (non-hydrogen) atoms. The van der Waals surface area contributed by atoms with Gasteiger partial charge in [0.05, 0.1) is 7.11 Å². The third-order valence-electron chi connectivity index (χ3n) is 2.93. The van der Waals surface area contributed by atoms with E-state index in [1.54, 1.807) is 13.4 Å². The second kappa shape index (κ2) is 5.21. The molecule has 0 aromatic carbocycles. The van der Waals surface area contributed by atoms with Gasteiger partial charge in [-0.25, -0.2) is 9.97 Å². The van der Waals surface area contributed by atoms with Gasteiger partial charge in [-0.15, -0.1) is 0 Å². The molecule has 1 aliphatic rings. The Bertz CT molecular complexity index is 379. The van der Waals surface area contributed by atoms with Gasteiger partial charge >= 0.3 is 0 Å². The molecule has 1 aliphatic carbocycles. The molecule has 0 atom stereocenters. The van der Waals surface area contributed by atoms with Crippen LogP contribution in [0.5, 0.6) is 5.75 Å². The highest BCUT2D eigenvalue weighted by Gasteiger charge is 2.31. The van der Waals surface area contributed by atoms with Crippen molar-refractivity contribution < 1.29 is 4.74 Å². The van der Waals surface area contributed by atoms with Crippen molar-refractivity contribution in [3.8, 4) is 5.75 Å². The van der Waals surface area contributed by atoms with E-state index in [4.69, 9.17) is 4.74 Å². The number of hydrogen-bond donors (Lipinski definition) is 1. The fourth-order valence-electron chi connectivity index (χ4n) is 2.02. The predicted octanol–water partition coefficient (Wildman–Crippen LogP) is 1.91. The fourth-order valence-corrected chi connectivity index (χ4v) is 2.02. The Labute approximate surface area is 102 Å². The van der Waals surface area contributed by atoms with E-state index in [1.807, 2.05) is 6.92 Å². The van der Waals surface area contributed by atoms with Crippen molar-refractivity contribution in [1.29, 1.82) is 0 Å². The maximum atomic E-state index is 5.46. The summed E-state index contributed by atoms with van der Waals surface area (Å²) in [4.78, 5) is 10.9. The fraction of sp³-hybridized carbons (Fsp3) is 0.667. The molecule has 0 spiro atoms. The van der Waals surface area contributed by atoms with Crippen molar-refractivity contribution in [2.24, 2.45) is 0 Å². The van der Waals surface area contributed by atoms with Gasteiger partial charge in [-0.05, 0) is 26.7 Å². The molecule has 1 N–H and O–H groups in total. The number of aromatic nitrogens is 2. The third-order valence-corrected chi connectivity index (χ3v) is 2.93. The molecule has 0 amide bonds. The summed E-state index contributed by atoms with van der Waals surface area (Å²) in [6, 6.07) is 0.623. The molecule has 0 aliphatic heterocycles. The minimum Gasteiger partial charge on any atom is -0.490 e. The Morgan fingerprint density at radius 1 is 1.41 bits per heavy atom. The zero-order valence-corrected chi connectivity index (χ0v) is 10.7. The van der Waals surface area contributed by atoms with Gasteiger partial charge in [0.2, 0.25) is 5.75 Å². The molecule has 5 heteroatoms. The molecule has 0 bridgehead atoms. The van der Waals surface area contributed by atoms with E-state index in [0.29, 0.717) is 6.04 Å². The summed E-state index contributed by atoms with van der Waals surface area (Å²) in [6.45, 7) is 5.96. The molecular formula is C12H20N4O. The molecule has 1 aromatic heterocycles. The highest BCUT2D eigenvalue weighted by molar-refractivity contribution is 5.65. The van der Waals surface area contributed by atoms with Crippen LogP contribution in [0.3, 0.4) is 0 Å². The lowest BCUT2D eigenvalue weighted by Gasteiger charge is -2.24. The Kier molecular flexibility index (Phi) is 3.66. The Balaban J connectivity index is 2.33. The molecule has 2 rings (SSSR count). The number of rotatable bonds is 6. The second-order valence-electron chi connectivity index (χ2n) is 4.13. The van der Waals surface area contributed by atoms with Crippen molar-refractivity contribution >= 4 is 11.6 Å². The minimum atomic E-state index is 0.623. The number of anilines is 2. The lowest BCUT2D eigenvalue weighted by molar-refractivity contribution is 0.412. The lowest BCUT2D eigenvalue weighted by atomic mass is 10.4. The first-order chi connectivity index (χ1) is 8.31. The molecule has 1 aromatic rings.